The van der Waals surface area contributed by atoms with E-state index in [1.807, 2.05) is 0 Å². The topological polar surface area (TPSA) is 95.9 Å². The van der Waals surface area contributed by atoms with Crippen molar-refractivity contribution in [2.45, 2.75) is 6.54 Å². The SMILES string of the molecule is COc1ccc(CN2C(=O)NC(=O)C(=Cc3ccc(O)cc3)C2=O)cc1. The maximum Gasteiger partial charge on any atom is 0.331 e. The molecule has 2 N–H and O–H groups in total. The van der Waals surface area contributed by atoms with E-state index in [1.54, 1.807) is 43.5 Å². The van der Waals surface area contributed by atoms with Crippen molar-refractivity contribution in [3.05, 3.63) is 65.2 Å². The van der Waals surface area contributed by atoms with Gasteiger partial charge in [-0.1, -0.05) is 24.3 Å². The van der Waals surface area contributed by atoms with Crippen LogP contribution in [0.15, 0.2) is 54.1 Å². The third-order valence-corrected chi connectivity index (χ3v) is 3.89. The second kappa shape index (κ2) is 7.10. The zero-order valence-electron chi connectivity index (χ0n) is 13.9. The third kappa shape index (κ3) is 3.56. The van der Waals surface area contributed by atoms with Gasteiger partial charge in [-0.25, -0.2) is 4.79 Å². The van der Waals surface area contributed by atoms with Crippen molar-refractivity contribution < 1.29 is 24.2 Å². The van der Waals surface area contributed by atoms with Crippen LogP contribution in [0.1, 0.15) is 11.1 Å². The van der Waals surface area contributed by atoms with Crippen molar-refractivity contribution in [2.24, 2.45) is 0 Å². The van der Waals surface area contributed by atoms with Crippen molar-refractivity contribution in [3.8, 4) is 11.5 Å². The Balaban J connectivity index is 1.86. The first-order valence-electron chi connectivity index (χ1n) is 7.79. The predicted octanol–water partition coefficient (Wildman–Crippen LogP) is 2.06. The van der Waals surface area contributed by atoms with E-state index in [4.69, 9.17) is 4.74 Å². The number of barbiturate groups is 1. The molecule has 4 amide bonds. The Morgan fingerprint density at radius 2 is 1.69 bits per heavy atom. The molecule has 0 bridgehead atoms. The number of phenolic OH excluding ortho intramolecular Hbond substituents is 1. The van der Waals surface area contributed by atoms with Crippen molar-refractivity contribution >= 4 is 23.9 Å². The lowest BCUT2D eigenvalue weighted by Crippen LogP contribution is -2.53. The average molecular weight is 352 g/mol. The van der Waals surface area contributed by atoms with E-state index in [0.29, 0.717) is 16.9 Å². The summed E-state index contributed by atoms with van der Waals surface area (Å²) < 4.78 is 5.08. The van der Waals surface area contributed by atoms with Crippen LogP contribution >= 0.6 is 0 Å². The Morgan fingerprint density at radius 1 is 1.04 bits per heavy atom. The second-order valence-corrected chi connectivity index (χ2v) is 5.65. The zero-order valence-corrected chi connectivity index (χ0v) is 13.9. The van der Waals surface area contributed by atoms with E-state index >= 15 is 0 Å². The minimum Gasteiger partial charge on any atom is -0.508 e. The number of phenols is 1. The number of nitrogens with zero attached hydrogens (tertiary/aromatic N) is 1. The van der Waals surface area contributed by atoms with Gasteiger partial charge in [0.05, 0.1) is 13.7 Å². The van der Waals surface area contributed by atoms with Crippen LogP contribution in [-0.4, -0.2) is 35.0 Å². The molecule has 2 aromatic carbocycles. The molecule has 0 unspecified atom stereocenters. The highest BCUT2D eigenvalue weighted by Gasteiger charge is 2.35. The minimum atomic E-state index is -0.765. The third-order valence-electron chi connectivity index (χ3n) is 3.89. The quantitative estimate of drug-likeness (QED) is 0.649. The molecule has 26 heavy (non-hydrogen) atoms. The van der Waals surface area contributed by atoms with E-state index in [2.05, 4.69) is 5.32 Å². The molecule has 1 fully saturated rings. The van der Waals surface area contributed by atoms with Crippen LogP contribution < -0.4 is 10.1 Å². The number of benzene rings is 2. The molecule has 7 heteroatoms. The maximum atomic E-state index is 12.6. The summed E-state index contributed by atoms with van der Waals surface area (Å²) in [4.78, 5) is 37.7. The van der Waals surface area contributed by atoms with Crippen LogP contribution in [0.25, 0.3) is 6.08 Å². The summed E-state index contributed by atoms with van der Waals surface area (Å²) in [6.45, 7) is 0.0227. The molecule has 0 radical (unpaired) electrons. The lowest BCUT2D eigenvalue weighted by molar-refractivity contribution is -0.130. The van der Waals surface area contributed by atoms with Crippen LogP contribution in [0.5, 0.6) is 11.5 Å². The average Bonchev–Trinajstić information content (AvgIpc) is 2.64. The van der Waals surface area contributed by atoms with Gasteiger partial charge < -0.3 is 9.84 Å². The number of hydrogen-bond donors (Lipinski definition) is 2. The number of imide groups is 2. The molecular weight excluding hydrogens is 336 g/mol. The molecule has 1 saturated heterocycles. The standard InChI is InChI=1S/C19H16N2O5/c1-26-15-8-4-13(5-9-15)11-21-18(24)16(17(23)20-19(21)25)10-12-2-6-14(22)7-3-12/h2-10,22H,11H2,1H3,(H,20,23,25). The van der Waals surface area contributed by atoms with Gasteiger partial charge in [0.1, 0.15) is 17.1 Å². The van der Waals surface area contributed by atoms with Crippen LogP contribution in [0.4, 0.5) is 4.79 Å². The van der Waals surface area contributed by atoms with Gasteiger partial charge >= 0.3 is 6.03 Å². The Kier molecular flexibility index (Phi) is 4.70. The molecule has 1 heterocycles. The monoisotopic (exact) mass is 352 g/mol. The fourth-order valence-corrected chi connectivity index (χ4v) is 2.49. The van der Waals surface area contributed by atoms with Crippen molar-refractivity contribution in [1.82, 2.24) is 10.2 Å². The van der Waals surface area contributed by atoms with Crippen LogP contribution in [0, 0.1) is 0 Å². The Labute approximate surface area is 149 Å². The number of aromatic hydroxyl groups is 1. The van der Waals surface area contributed by atoms with Gasteiger partial charge in [-0.15, -0.1) is 0 Å². The number of amides is 4. The van der Waals surface area contributed by atoms with Gasteiger partial charge in [-0.3, -0.25) is 19.8 Å². The number of rotatable bonds is 4. The smallest absolute Gasteiger partial charge is 0.331 e. The van der Waals surface area contributed by atoms with Crippen molar-refractivity contribution in [3.63, 3.8) is 0 Å². The summed E-state index contributed by atoms with van der Waals surface area (Å²) in [5.74, 6) is -0.698. The fourth-order valence-electron chi connectivity index (χ4n) is 2.49. The first kappa shape index (κ1) is 17.2. The Bertz CT molecular complexity index is 885. The lowest BCUT2D eigenvalue weighted by Gasteiger charge is -2.26. The second-order valence-electron chi connectivity index (χ2n) is 5.65. The van der Waals surface area contributed by atoms with E-state index in [1.165, 1.54) is 18.2 Å². The summed E-state index contributed by atoms with van der Waals surface area (Å²) in [6, 6.07) is 12.2. The largest absolute Gasteiger partial charge is 0.508 e. The molecule has 1 aliphatic heterocycles. The van der Waals surface area contributed by atoms with Crippen LogP contribution in [0.3, 0.4) is 0 Å². The summed E-state index contributed by atoms with van der Waals surface area (Å²) in [5.41, 5.74) is 1.12. The number of carbonyl (C=O) groups is 3. The summed E-state index contributed by atoms with van der Waals surface area (Å²) in [7, 11) is 1.54. The van der Waals surface area contributed by atoms with Crippen molar-refractivity contribution in [1.29, 1.82) is 0 Å². The minimum absolute atomic E-state index is 0.0227. The molecular formula is C19H16N2O5. The first-order chi connectivity index (χ1) is 12.5. The van der Waals surface area contributed by atoms with Gasteiger partial charge in [-0.05, 0) is 41.5 Å². The molecule has 1 aliphatic rings. The van der Waals surface area contributed by atoms with E-state index in [0.717, 1.165) is 4.90 Å². The molecule has 0 aliphatic carbocycles. The van der Waals surface area contributed by atoms with Crippen LogP contribution in [-0.2, 0) is 16.1 Å². The van der Waals surface area contributed by atoms with E-state index in [-0.39, 0.29) is 17.9 Å². The highest BCUT2D eigenvalue weighted by Crippen LogP contribution is 2.19. The van der Waals surface area contributed by atoms with E-state index in [9.17, 15) is 19.5 Å². The summed E-state index contributed by atoms with van der Waals surface area (Å²) >= 11 is 0. The van der Waals surface area contributed by atoms with Crippen molar-refractivity contribution in [2.75, 3.05) is 7.11 Å². The fraction of sp³-hybridized carbons (Fsp3) is 0.105. The van der Waals surface area contributed by atoms with Crippen LogP contribution in [0.2, 0.25) is 0 Å². The predicted molar refractivity (Wildman–Crippen MR) is 93.2 cm³/mol. The molecule has 2 aromatic rings. The van der Waals surface area contributed by atoms with Gasteiger partial charge in [0.15, 0.2) is 0 Å². The Morgan fingerprint density at radius 3 is 2.31 bits per heavy atom. The number of hydrogen-bond acceptors (Lipinski definition) is 5. The van der Waals surface area contributed by atoms with Gasteiger partial charge in [0.2, 0.25) is 0 Å². The number of urea groups is 1. The zero-order chi connectivity index (χ0) is 18.7. The van der Waals surface area contributed by atoms with Gasteiger partial charge in [0.25, 0.3) is 11.8 Å². The number of ether oxygens (including phenoxy) is 1. The molecule has 0 spiro atoms. The Hall–Kier alpha value is -3.61. The summed E-state index contributed by atoms with van der Waals surface area (Å²) in [5, 5.41) is 11.5. The normalized spacial score (nSPS) is 16.0. The maximum absolute atomic E-state index is 12.6. The van der Waals surface area contributed by atoms with Gasteiger partial charge in [-0.2, -0.15) is 0 Å². The molecule has 132 valence electrons. The molecule has 0 atom stereocenters. The molecule has 0 aromatic heterocycles. The first-order valence-corrected chi connectivity index (χ1v) is 7.79. The van der Waals surface area contributed by atoms with Gasteiger partial charge in [0, 0.05) is 0 Å². The molecule has 3 rings (SSSR count). The number of methoxy groups -OCH3 is 1. The summed E-state index contributed by atoms with van der Waals surface area (Å²) in [6.07, 6.45) is 1.38. The molecule has 7 nitrogen and oxygen atoms in total. The highest BCUT2D eigenvalue weighted by atomic mass is 16.5. The number of nitrogens with one attached hydrogen (secondary N) is 1. The number of carbonyl (C=O) groups excluding carboxylic acids is 3. The molecule has 0 saturated carbocycles. The highest BCUT2D eigenvalue weighted by molar-refractivity contribution is 6.30. The lowest BCUT2D eigenvalue weighted by atomic mass is 10.1. The van der Waals surface area contributed by atoms with E-state index < -0.39 is 17.8 Å².